The number of nitrogens with two attached hydrogens (primary N) is 1. The van der Waals surface area contributed by atoms with Gasteiger partial charge in [-0.05, 0) is 26.0 Å². The lowest BCUT2D eigenvalue weighted by molar-refractivity contribution is 0.562. The van der Waals surface area contributed by atoms with Crippen LogP contribution in [0.2, 0.25) is 0 Å². The number of para-hydroxylation sites is 2. The zero-order valence-electron chi connectivity index (χ0n) is 10.1. The maximum absolute atomic E-state index is 12.2. The minimum atomic E-state index is -3.72. The molecule has 0 unspecified atom stereocenters. The van der Waals surface area contributed by atoms with E-state index in [2.05, 4.69) is 15.1 Å². The summed E-state index contributed by atoms with van der Waals surface area (Å²) in [6.07, 6.45) is 0. The Morgan fingerprint density at radius 1 is 1.33 bits per heavy atom. The molecule has 0 fully saturated rings. The molecule has 0 aliphatic carbocycles. The summed E-state index contributed by atoms with van der Waals surface area (Å²) in [4.78, 5) is 4.11. The van der Waals surface area contributed by atoms with Crippen LogP contribution in [0.3, 0.4) is 0 Å². The second kappa shape index (κ2) is 4.56. The first-order valence-corrected chi connectivity index (χ1v) is 6.86. The fraction of sp³-hybridized carbons (Fsp3) is 0.300. The van der Waals surface area contributed by atoms with Crippen molar-refractivity contribution in [3.8, 4) is 0 Å². The molecular formula is C10H15N5O2S. The van der Waals surface area contributed by atoms with Crippen LogP contribution in [-0.2, 0) is 10.2 Å². The van der Waals surface area contributed by atoms with Crippen LogP contribution >= 0.6 is 0 Å². The highest BCUT2D eigenvalue weighted by atomic mass is 32.2. The van der Waals surface area contributed by atoms with E-state index in [0.29, 0.717) is 11.0 Å². The molecule has 4 N–H and O–H groups in total. The molecule has 18 heavy (non-hydrogen) atoms. The lowest BCUT2D eigenvalue weighted by atomic mass is 10.3. The van der Waals surface area contributed by atoms with Crippen LogP contribution in [0.4, 0.5) is 5.95 Å². The summed E-state index contributed by atoms with van der Waals surface area (Å²) in [6.45, 7) is 3.48. The van der Waals surface area contributed by atoms with E-state index in [4.69, 9.17) is 5.84 Å². The molecule has 0 bridgehead atoms. The normalized spacial score (nSPS) is 12.2. The molecule has 1 aromatic carbocycles. The molecule has 0 radical (unpaired) electrons. The van der Waals surface area contributed by atoms with Gasteiger partial charge in [0.25, 0.3) is 0 Å². The first-order chi connectivity index (χ1) is 8.45. The topological polar surface area (TPSA) is 102 Å². The van der Waals surface area contributed by atoms with E-state index in [-0.39, 0.29) is 12.0 Å². The summed E-state index contributed by atoms with van der Waals surface area (Å²) >= 11 is 0. The average Bonchev–Trinajstić information content (AvgIpc) is 2.66. The molecule has 98 valence electrons. The summed E-state index contributed by atoms with van der Waals surface area (Å²) in [5.41, 5.74) is 3.32. The Balaban J connectivity index is 2.69. The van der Waals surface area contributed by atoms with Crippen molar-refractivity contribution in [2.45, 2.75) is 19.9 Å². The van der Waals surface area contributed by atoms with Gasteiger partial charge in [-0.2, -0.15) is 17.1 Å². The Kier molecular flexibility index (Phi) is 3.24. The van der Waals surface area contributed by atoms with Gasteiger partial charge in [0.2, 0.25) is 5.95 Å². The summed E-state index contributed by atoms with van der Waals surface area (Å²) in [6, 6.07) is 6.69. The second-order valence-electron chi connectivity index (χ2n) is 4.11. The molecule has 2 aromatic rings. The van der Waals surface area contributed by atoms with Crippen molar-refractivity contribution < 1.29 is 8.42 Å². The molecule has 0 amide bonds. The Morgan fingerprint density at radius 2 is 2.00 bits per heavy atom. The van der Waals surface area contributed by atoms with Gasteiger partial charge in [-0.3, -0.25) is 5.43 Å². The Labute approximate surface area is 105 Å². The third kappa shape index (κ3) is 2.17. The number of fused-ring (bicyclic) bond motifs is 1. The molecule has 0 saturated heterocycles. The van der Waals surface area contributed by atoms with Crippen LogP contribution in [0.15, 0.2) is 24.3 Å². The van der Waals surface area contributed by atoms with E-state index in [1.165, 1.54) is 0 Å². The molecule has 0 aliphatic rings. The van der Waals surface area contributed by atoms with Crippen LogP contribution in [0.5, 0.6) is 0 Å². The minimum Gasteiger partial charge on any atom is -0.293 e. The number of nitrogen functional groups attached to an aromatic ring is 1. The summed E-state index contributed by atoms with van der Waals surface area (Å²) in [7, 11) is -3.72. The molecule has 1 heterocycles. The zero-order chi connectivity index (χ0) is 13.3. The molecule has 0 aliphatic heterocycles. The highest BCUT2D eigenvalue weighted by Crippen LogP contribution is 2.20. The number of imidazole rings is 1. The van der Waals surface area contributed by atoms with E-state index < -0.39 is 10.2 Å². The molecule has 1 aromatic heterocycles. The monoisotopic (exact) mass is 269 g/mol. The molecule has 2 rings (SSSR count). The maximum Gasteiger partial charge on any atom is 0.308 e. The van der Waals surface area contributed by atoms with Crippen molar-refractivity contribution in [2.75, 3.05) is 5.43 Å². The Bertz CT molecular complexity index is 662. The van der Waals surface area contributed by atoms with Crippen molar-refractivity contribution >= 4 is 27.2 Å². The molecule has 8 heteroatoms. The number of hydrogen-bond acceptors (Lipinski definition) is 5. The molecule has 0 atom stereocenters. The Morgan fingerprint density at radius 3 is 2.61 bits per heavy atom. The van der Waals surface area contributed by atoms with E-state index in [1.807, 2.05) is 0 Å². The molecule has 7 nitrogen and oxygen atoms in total. The van der Waals surface area contributed by atoms with E-state index in [9.17, 15) is 8.42 Å². The van der Waals surface area contributed by atoms with Crippen LogP contribution in [0.1, 0.15) is 13.8 Å². The lowest BCUT2D eigenvalue weighted by Gasteiger charge is -2.12. The average molecular weight is 269 g/mol. The van der Waals surface area contributed by atoms with Crippen molar-refractivity contribution in [3.63, 3.8) is 0 Å². The number of rotatable bonds is 4. The number of hydrogen-bond donors (Lipinski definition) is 3. The van der Waals surface area contributed by atoms with Gasteiger partial charge in [0.05, 0.1) is 11.0 Å². The predicted octanol–water partition coefficient (Wildman–Crippen LogP) is 0.413. The van der Waals surface area contributed by atoms with Gasteiger partial charge < -0.3 is 0 Å². The number of anilines is 1. The van der Waals surface area contributed by atoms with Crippen LogP contribution in [0, 0.1) is 0 Å². The molecule has 0 saturated carbocycles. The van der Waals surface area contributed by atoms with E-state index >= 15 is 0 Å². The number of benzene rings is 1. The highest BCUT2D eigenvalue weighted by molar-refractivity contribution is 7.88. The third-order valence-corrected chi connectivity index (χ3v) is 3.89. The van der Waals surface area contributed by atoms with Crippen molar-refractivity contribution in [2.24, 2.45) is 5.84 Å². The van der Waals surface area contributed by atoms with Crippen LogP contribution < -0.4 is 16.0 Å². The first-order valence-electron chi connectivity index (χ1n) is 5.42. The lowest BCUT2D eigenvalue weighted by Crippen LogP contribution is -2.36. The SMILES string of the molecule is CC(C)NS(=O)(=O)n1c(NN)nc2ccccc21. The zero-order valence-corrected chi connectivity index (χ0v) is 10.9. The summed E-state index contributed by atoms with van der Waals surface area (Å²) in [5, 5.41) is 0. The van der Waals surface area contributed by atoms with E-state index in [0.717, 1.165) is 3.97 Å². The van der Waals surface area contributed by atoms with E-state index in [1.54, 1.807) is 38.1 Å². The predicted molar refractivity (Wildman–Crippen MR) is 70.1 cm³/mol. The van der Waals surface area contributed by atoms with Gasteiger partial charge in [0, 0.05) is 6.04 Å². The summed E-state index contributed by atoms with van der Waals surface area (Å²) < 4.78 is 28.0. The molecular weight excluding hydrogens is 254 g/mol. The quantitative estimate of drug-likeness (QED) is 0.551. The van der Waals surface area contributed by atoms with Gasteiger partial charge in [0.1, 0.15) is 0 Å². The van der Waals surface area contributed by atoms with Crippen molar-refractivity contribution in [1.82, 2.24) is 13.7 Å². The number of aromatic nitrogens is 2. The first kappa shape index (κ1) is 12.8. The highest BCUT2D eigenvalue weighted by Gasteiger charge is 2.22. The van der Waals surface area contributed by atoms with Gasteiger partial charge >= 0.3 is 10.2 Å². The molecule has 0 spiro atoms. The van der Waals surface area contributed by atoms with Crippen molar-refractivity contribution in [3.05, 3.63) is 24.3 Å². The number of nitrogens with zero attached hydrogens (tertiary/aromatic N) is 2. The standard InChI is InChI=1S/C10H15N5O2S/c1-7(2)14-18(16,17)15-9-6-4-3-5-8(9)12-10(15)13-11/h3-7,14H,11H2,1-2H3,(H,12,13). The number of nitrogens with one attached hydrogen (secondary N) is 2. The Hall–Kier alpha value is -1.64. The fourth-order valence-electron chi connectivity index (χ4n) is 1.69. The smallest absolute Gasteiger partial charge is 0.293 e. The largest absolute Gasteiger partial charge is 0.308 e. The van der Waals surface area contributed by atoms with Gasteiger partial charge in [0.15, 0.2) is 0 Å². The van der Waals surface area contributed by atoms with Crippen LogP contribution in [-0.4, -0.2) is 23.4 Å². The number of hydrazine groups is 1. The second-order valence-corrected chi connectivity index (χ2v) is 5.66. The van der Waals surface area contributed by atoms with Crippen LogP contribution in [0.25, 0.3) is 11.0 Å². The van der Waals surface area contributed by atoms with Gasteiger partial charge in [-0.15, -0.1) is 0 Å². The van der Waals surface area contributed by atoms with Crippen molar-refractivity contribution in [1.29, 1.82) is 0 Å². The van der Waals surface area contributed by atoms with Gasteiger partial charge in [-0.25, -0.2) is 10.8 Å². The minimum absolute atomic E-state index is 0.0735. The fourth-order valence-corrected chi connectivity index (χ4v) is 3.12. The van der Waals surface area contributed by atoms with Gasteiger partial charge in [-0.1, -0.05) is 12.1 Å². The summed E-state index contributed by atoms with van der Waals surface area (Å²) in [5.74, 6) is 5.39. The maximum atomic E-state index is 12.2. The third-order valence-electron chi connectivity index (χ3n) is 2.27.